The van der Waals surface area contributed by atoms with Gasteiger partial charge < -0.3 is 5.32 Å². The van der Waals surface area contributed by atoms with Crippen LogP contribution in [0, 0.1) is 18.9 Å². The van der Waals surface area contributed by atoms with E-state index < -0.39 is 0 Å². The van der Waals surface area contributed by atoms with E-state index in [2.05, 4.69) is 42.2 Å². The normalized spacial score (nSPS) is 10.6. The third kappa shape index (κ3) is 4.18. The molecule has 16 heavy (non-hydrogen) atoms. The topological polar surface area (TPSA) is 24.4 Å². The fourth-order valence-corrected chi connectivity index (χ4v) is 1.24. The van der Waals surface area contributed by atoms with E-state index in [1.54, 1.807) is 0 Å². The zero-order chi connectivity index (χ0) is 11.8. The molecule has 0 aliphatic carbocycles. The Hall–Kier alpha value is -1.75. The van der Waals surface area contributed by atoms with Crippen molar-refractivity contribution in [3.8, 4) is 12.0 Å². The van der Waals surface area contributed by atoms with Crippen molar-refractivity contribution in [3.05, 3.63) is 29.8 Å². The van der Waals surface area contributed by atoms with E-state index in [-0.39, 0.29) is 0 Å². The molecule has 0 unspecified atom stereocenters. The van der Waals surface area contributed by atoms with Gasteiger partial charge in [-0.25, -0.2) is 0 Å². The van der Waals surface area contributed by atoms with Crippen molar-refractivity contribution in [2.24, 2.45) is 4.99 Å². The lowest BCUT2D eigenvalue weighted by Crippen LogP contribution is -2.07. The molecule has 0 atom stereocenters. The van der Waals surface area contributed by atoms with Crippen LogP contribution in [0.2, 0.25) is 0 Å². The summed E-state index contributed by atoms with van der Waals surface area (Å²) in [5.74, 6) is 3.82. The predicted octanol–water partition coefficient (Wildman–Crippen LogP) is 3.59. The first kappa shape index (κ1) is 12.3. The molecule has 84 valence electrons. The number of amidine groups is 1. The fraction of sp³-hybridized carbons (Fsp3) is 0.357. The quantitative estimate of drug-likeness (QED) is 0.454. The van der Waals surface area contributed by atoms with Crippen LogP contribution >= 0.6 is 0 Å². The van der Waals surface area contributed by atoms with E-state index in [4.69, 9.17) is 0 Å². The zero-order valence-electron chi connectivity index (χ0n) is 10.2. The third-order valence-corrected chi connectivity index (χ3v) is 2.14. The van der Waals surface area contributed by atoms with E-state index in [1.807, 2.05) is 25.1 Å². The van der Waals surface area contributed by atoms with E-state index in [9.17, 15) is 0 Å². The van der Waals surface area contributed by atoms with Crippen LogP contribution in [0.5, 0.6) is 0 Å². The lowest BCUT2D eigenvalue weighted by Gasteiger charge is -2.06. The van der Waals surface area contributed by atoms with Crippen LogP contribution < -0.4 is 5.32 Å². The molecule has 0 saturated heterocycles. The summed E-state index contributed by atoms with van der Waals surface area (Å²) in [4.78, 5) is 4.14. The van der Waals surface area contributed by atoms with Crippen molar-refractivity contribution in [2.45, 2.75) is 33.6 Å². The standard InChI is InChI=1S/C14H18N2/c1-4-5-8-11-15-13(3)16-14-10-7-6-9-12(14)2/h6-7,9-10H,4-5H2,1-3H3,(H,15,16). The van der Waals surface area contributed by atoms with Gasteiger partial charge in [-0.3, -0.25) is 0 Å². The van der Waals surface area contributed by atoms with Gasteiger partial charge in [0, 0.05) is 18.2 Å². The number of aryl methyl sites for hydroxylation is 1. The number of aliphatic imine (C=N–C) groups is 1. The Morgan fingerprint density at radius 2 is 2.12 bits per heavy atom. The average molecular weight is 214 g/mol. The first-order chi connectivity index (χ1) is 7.74. The molecule has 0 aliphatic heterocycles. The first-order valence-electron chi connectivity index (χ1n) is 5.59. The molecule has 0 bridgehead atoms. The minimum atomic E-state index is 0.831. The molecular weight excluding hydrogens is 196 g/mol. The first-order valence-corrected chi connectivity index (χ1v) is 5.59. The summed E-state index contributed by atoms with van der Waals surface area (Å²) in [6, 6.07) is 10.9. The summed E-state index contributed by atoms with van der Waals surface area (Å²) in [6.07, 6.45) is 1.98. The summed E-state index contributed by atoms with van der Waals surface area (Å²) >= 11 is 0. The smallest absolute Gasteiger partial charge is 0.114 e. The molecule has 0 radical (unpaired) electrons. The van der Waals surface area contributed by atoms with Crippen molar-refractivity contribution in [3.63, 3.8) is 0 Å². The molecule has 0 spiro atoms. The minimum absolute atomic E-state index is 0.831. The Morgan fingerprint density at radius 1 is 1.38 bits per heavy atom. The van der Waals surface area contributed by atoms with Gasteiger partial charge in [-0.15, -0.1) is 0 Å². The Labute approximate surface area is 97.8 Å². The van der Waals surface area contributed by atoms with E-state index >= 15 is 0 Å². The van der Waals surface area contributed by atoms with Crippen LogP contribution in [0.25, 0.3) is 0 Å². The summed E-state index contributed by atoms with van der Waals surface area (Å²) in [5, 5.41) is 3.23. The molecule has 1 N–H and O–H groups in total. The second-order valence-electron chi connectivity index (χ2n) is 3.68. The van der Waals surface area contributed by atoms with Crippen LogP contribution in [0.4, 0.5) is 5.69 Å². The fourth-order valence-electron chi connectivity index (χ4n) is 1.24. The van der Waals surface area contributed by atoms with Crippen LogP contribution in [-0.2, 0) is 0 Å². The van der Waals surface area contributed by atoms with Crippen molar-refractivity contribution >= 4 is 11.5 Å². The van der Waals surface area contributed by atoms with E-state index in [0.717, 1.165) is 24.4 Å². The van der Waals surface area contributed by atoms with Crippen molar-refractivity contribution in [2.75, 3.05) is 5.32 Å². The van der Waals surface area contributed by atoms with Crippen LogP contribution in [0.3, 0.4) is 0 Å². The van der Waals surface area contributed by atoms with Gasteiger partial charge in [0.15, 0.2) is 0 Å². The second-order valence-corrected chi connectivity index (χ2v) is 3.68. The van der Waals surface area contributed by atoms with Gasteiger partial charge in [-0.1, -0.05) is 31.0 Å². The van der Waals surface area contributed by atoms with Gasteiger partial charge in [-0.05, 0) is 31.9 Å². The summed E-state index contributed by atoms with van der Waals surface area (Å²) in [7, 11) is 0. The number of nitrogens with zero attached hydrogens (tertiary/aromatic N) is 1. The molecule has 0 heterocycles. The molecule has 1 aromatic rings. The Balaban J connectivity index is 2.62. The number of anilines is 1. The molecule has 0 saturated carbocycles. The molecule has 0 fully saturated rings. The lowest BCUT2D eigenvalue weighted by atomic mass is 10.2. The maximum absolute atomic E-state index is 4.14. The molecule has 2 heteroatoms. The molecule has 0 amide bonds. The van der Waals surface area contributed by atoms with Crippen molar-refractivity contribution < 1.29 is 0 Å². The van der Waals surface area contributed by atoms with E-state index in [0.29, 0.717) is 0 Å². The molecule has 0 aliphatic rings. The van der Waals surface area contributed by atoms with Crippen molar-refractivity contribution in [1.82, 2.24) is 0 Å². The number of hydrogen-bond acceptors (Lipinski definition) is 1. The average Bonchev–Trinajstić information content (AvgIpc) is 2.28. The molecular formula is C14H18N2. The zero-order valence-corrected chi connectivity index (χ0v) is 10.2. The number of rotatable bonds is 2. The predicted molar refractivity (Wildman–Crippen MR) is 70.6 cm³/mol. The maximum atomic E-state index is 4.14. The summed E-state index contributed by atoms with van der Waals surface area (Å²) in [6.45, 7) is 6.10. The number of unbranched alkanes of at least 4 members (excludes halogenated alkanes) is 1. The Kier molecular flexibility index (Phi) is 5.15. The number of para-hydroxylation sites is 1. The Morgan fingerprint density at radius 3 is 2.81 bits per heavy atom. The highest BCUT2D eigenvalue weighted by Gasteiger charge is 1.96. The molecule has 1 aromatic carbocycles. The van der Waals surface area contributed by atoms with Gasteiger partial charge >= 0.3 is 0 Å². The number of benzene rings is 1. The van der Waals surface area contributed by atoms with Gasteiger partial charge in [0.2, 0.25) is 0 Å². The van der Waals surface area contributed by atoms with E-state index in [1.165, 1.54) is 5.56 Å². The third-order valence-electron chi connectivity index (χ3n) is 2.14. The molecule has 0 aromatic heterocycles. The SMILES string of the molecule is CCCC#CN=C(C)Nc1ccccc1C. The molecule has 1 rings (SSSR count). The highest BCUT2D eigenvalue weighted by molar-refractivity contribution is 5.94. The van der Waals surface area contributed by atoms with Gasteiger partial charge in [0.05, 0.1) is 0 Å². The highest BCUT2D eigenvalue weighted by Crippen LogP contribution is 2.12. The van der Waals surface area contributed by atoms with Crippen LogP contribution in [-0.4, -0.2) is 5.84 Å². The lowest BCUT2D eigenvalue weighted by molar-refractivity contribution is 0.982. The summed E-state index contributed by atoms with van der Waals surface area (Å²) < 4.78 is 0. The summed E-state index contributed by atoms with van der Waals surface area (Å²) in [5.41, 5.74) is 2.29. The highest BCUT2D eigenvalue weighted by atomic mass is 15.0. The second kappa shape index (κ2) is 6.68. The van der Waals surface area contributed by atoms with Crippen LogP contribution in [0.15, 0.2) is 29.3 Å². The van der Waals surface area contributed by atoms with Gasteiger partial charge in [-0.2, -0.15) is 4.99 Å². The maximum Gasteiger partial charge on any atom is 0.114 e. The number of hydrogen-bond donors (Lipinski definition) is 1. The Bertz CT molecular complexity index is 422. The van der Waals surface area contributed by atoms with Crippen LogP contribution in [0.1, 0.15) is 32.3 Å². The minimum Gasteiger partial charge on any atom is -0.343 e. The monoisotopic (exact) mass is 214 g/mol. The van der Waals surface area contributed by atoms with Gasteiger partial charge in [0.25, 0.3) is 0 Å². The largest absolute Gasteiger partial charge is 0.343 e. The molecule has 2 nitrogen and oxygen atoms in total. The number of nitrogens with one attached hydrogen (secondary N) is 1. The van der Waals surface area contributed by atoms with Crippen molar-refractivity contribution in [1.29, 1.82) is 0 Å². The van der Waals surface area contributed by atoms with Gasteiger partial charge in [0.1, 0.15) is 5.84 Å².